The molecule has 0 heterocycles. The van der Waals surface area contributed by atoms with Crippen LogP contribution in [0.4, 0.5) is 0 Å². The quantitative estimate of drug-likeness (QED) is 0.0243. The summed E-state index contributed by atoms with van der Waals surface area (Å²) in [4.78, 5) is 23.5. The second kappa shape index (κ2) is 65.4. The monoisotopic (exact) mass is 1200 g/mol. The molecule has 0 radical (unpaired) electrons. The van der Waals surface area contributed by atoms with Crippen LogP contribution in [0, 0.1) is 0 Å². The van der Waals surface area contributed by atoms with Crippen LogP contribution < -0.4 is 5.32 Å². The van der Waals surface area contributed by atoms with Crippen LogP contribution in [0.1, 0.15) is 348 Å². The molecule has 0 aliphatic carbocycles. The molecular weight excluding hydrogens is 1060 g/mol. The average molecular weight is 1200 g/mol. The fraction of sp³-hybridized carbons (Fsp3) is 0.827. The Morgan fingerprint density at radius 3 is 1.05 bits per heavy atom. The van der Waals surface area contributed by atoms with Gasteiger partial charge in [-0.1, -0.05) is 350 Å². The Kier molecular flexibility index (Phi) is 63.8. The van der Waals surface area contributed by atoms with Crippen molar-refractivity contribution in [2.75, 3.05) is 40.9 Å². The van der Waals surface area contributed by atoms with E-state index in [1.54, 1.807) is 0 Å². The molecule has 3 unspecified atom stereocenters. The highest BCUT2D eigenvalue weighted by molar-refractivity contribution is 7.47. The number of likely N-dealkylation sites (N-methyl/N-ethyl adjacent to an activating group) is 1. The average Bonchev–Trinajstić information content (AvgIpc) is 3.56. The van der Waals surface area contributed by atoms with Crippen molar-refractivity contribution in [1.29, 1.82) is 0 Å². The molecular formula is C75H142N2O6P+. The van der Waals surface area contributed by atoms with Crippen molar-refractivity contribution in [3.05, 3.63) is 72.9 Å². The minimum atomic E-state index is -4.33. The molecule has 0 aliphatic rings. The number of unbranched alkanes of at least 4 members (excludes halogenated alkanes) is 42. The van der Waals surface area contributed by atoms with Gasteiger partial charge in [-0.25, -0.2) is 4.57 Å². The van der Waals surface area contributed by atoms with Gasteiger partial charge in [0.25, 0.3) is 0 Å². The molecule has 3 N–H and O–H groups in total. The number of rotatable bonds is 67. The number of phosphoric acid groups is 1. The number of quaternary nitrogens is 1. The maximum absolute atomic E-state index is 13.1. The van der Waals surface area contributed by atoms with Crippen molar-refractivity contribution in [2.45, 2.75) is 360 Å². The molecule has 0 fully saturated rings. The number of hydrogen-bond acceptors (Lipinski definition) is 5. The first-order valence-corrected chi connectivity index (χ1v) is 37.8. The van der Waals surface area contributed by atoms with Gasteiger partial charge in [-0.2, -0.15) is 0 Å². The molecule has 84 heavy (non-hydrogen) atoms. The lowest BCUT2D eigenvalue weighted by molar-refractivity contribution is -0.870. The lowest BCUT2D eigenvalue weighted by Gasteiger charge is -2.26. The number of aliphatic hydroxyl groups is 1. The first-order valence-electron chi connectivity index (χ1n) is 36.3. The number of hydrogen-bond donors (Lipinski definition) is 3. The molecule has 3 atom stereocenters. The van der Waals surface area contributed by atoms with Crippen molar-refractivity contribution in [1.82, 2.24) is 5.32 Å². The van der Waals surface area contributed by atoms with Crippen molar-refractivity contribution >= 4 is 13.7 Å². The van der Waals surface area contributed by atoms with Crippen LogP contribution in [0.25, 0.3) is 0 Å². The third-order valence-corrected chi connectivity index (χ3v) is 17.5. The minimum Gasteiger partial charge on any atom is -0.391 e. The number of amides is 1. The molecule has 0 saturated carbocycles. The standard InChI is InChI=1S/C75H141N2O6P/c1-6-8-10-12-14-16-18-20-22-24-26-28-30-32-33-34-35-36-37-38-39-40-41-42-43-45-47-49-51-53-55-57-59-61-63-65-67-69-75(79)76-73(72-83-84(80,81)82-71-70-77(3,4)5)74(78)68-66-64-62-60-58-56-54-52-50-48-46-44-31-29-27-25-23-21-19-17-15-13-11-9-7-2/h8,10,14,16,20,22,26,28,32-33,35-36,73-74,78H,6-7,9,11-13,15,17-19,21,23-25,27,29-31,34,37-72H2,1-5H3,(H-,76,79,80,81)/p+1/b10-8-,16-14-,22-20-,28-26-,33-32-,36-35-. The van der Waals surface area contributed by atoms with Crippen LogP contribution in [0.5, 0.6) is 0 Å². The Bertz CT molecular complexity index is 1600. The summed E-state index contributed by atoms with van der Waals surface area (Å²) in [6.07, 6.45) is 91.5. The van der Waals surface area contributed by atoms with Gasteiger partial charge in [-0.05, 0) is 64.2 Å². The van der Waals surface area contributed by atoms with Crippen LogP contribution in [-0.2, 0) is 18.4 Å². The summed E-state index contributed by atoms with van der Waals surface area (Å²) in [7, 11) is 1.63. The number of aliphatic hydroxyl groups excluding tert-OH is 1. The van der Waals surface area contributed by atoms with E-state index in [4.69, 9.17) is 9.05 Å². The smallest absolute Gasteiger partial charge is 0.391 e. The van der Waals surface area contributed by atoms with E-state index >= 15 is 0 Å². The van der Waals surface area contributed by atoms with Gasteiger partial charge in [0.05, 0.1) is 39.9 Å². The first kappa shape index (κ1) is 81.9. The second-order valence-electron chi connectivity index (χ2n) is 25.9. The summed E-state index contributed by atoms with van der Waals surface area (Å²) in [5, 5.41) is 14.2. The molecule has 1 amide bonds. The number of allylic oxidation sites excluding steroid dienone is 12. The normalized spacial score (nSPS) is 14.0. The zero-order valence-corrected chi connectivity index (χ0v) is 57.3. The highest BCUT2D eigenvalue weighted by atomic mass is 31.2. The topological polar surface area (TPSA) is 105 Å². The number of nitrogens with zero attached hydrogens (tertiary/aromatic N) is 1. The lowest BCUT2D eigenvalue weighted by Crippen LogP contribution is -2.46. The van der Waals surface area contributed by atoms with Gasteiger partial charge in [0, 0.05) is 6.42 Å². The molecule has 0 aliphatic heterocycles. The van der Waals surface area contributed by atoms with Crippen LogP contribution in [0.2, 0.25) is 0 Å². The number of carbonyl (C=O) groups is 1. The lowest BCUT2D eigenvalue weighted by atomic mass is 10.0. The largest absolute Gasteiger partial charge is 0.472 e. The Morgan fingerprint density at radius 1 is 0.417 bits per heavy atom. The highest BCUT2D eigenvalue weighted by Gasteiger charge is 2.28. The Labute approximate surface area is 523 Å². The first-order chi connectivity index (χ1) is 41.0. The van der Waals surface area contributed by atoms with Gasteiger partial charge in [0.2, 0.25) is 5.91 Å². The number of carbonyl (C=O) groups excluding carboxylic acids is 1. The molecule has 8 nitrogen and oxygen atoms in total. The summed E-state index contributed by atoms with van der Waals surface area (Å²) >= 11 is 0. The number of nitrogens with one attached hydrogen (secondary N) is 1. The SMILES string of the molecule is CC/C=C\C/C=C\C/C=C\C/C=C\C/C=C\C/C=C\CCCCCCCCCCCCCCCCCCCCC(=O)NC(COP(=O)(O)OCC[N+](C)(C)C)C(O)CCCCCCCCCCCCCCCCCCCCCCCCCCC. The molecule has 0 spiro atoms. The fourth-order valence-corrected chi connectivity index (χ4v) is 11.6. The van der Waals surface area contributed by atoms with Gasteiger partial charge in [-0.3, -0.25) is 13.8 Å². The molecule has 0 aromatic heterocycles. The zero-order valence-electron chi connectivity index (χ0n) is 56.4. The van der Waals surface area contributed by atoms with Crippen LogP contribution in [0.3, 0.4) is 0 Å². The fourth-order valence-electron chi connectivity index (χ4n) is 10.9. The predicted molar refractivity (Wildman–Crippen MR) is 369 cm³/mol. The van der Waals surface area contributed by atoms with Crippen molar-refractivity contribution in [3.63, 3.8) is 0 Å². The van der Waals surface area contributed by atoms with E-state index in [0.29, 0.717) is 23.9 Å². The van der Waals surface area contributed by atoms with E-state index in [1.807, 2.05) is 21.1 Å². The predicted octanol–water partition coefficient (Wildman–Crippen LogP) is 23.3. The van der Waals surface area contributed by atoms with Crippen molar-refractivity contribution < 1.29 is 32.9 Å². The zero-order chi connectivity index (χ0) is 61.2. The van der Waals surface area contributed by atoms with Gasteiger partial charge in [0.15, 0.2) is 0 Å². The maximum Gasteiger partial charge on any atom is 0.472 e. The highest BCUT2D eigenvalue weighted by Crippen LogP contribution is 2.43. The Morgan fingerprint density at radius 2 is 0.714 bits per heavy atom. The summed E-state index contributed by atoms with van der Waals surface area (Å²) in [6.45, 7) is 4.82. The van der Waals surface area contributed by atoms with Crippen molar-refractivity contribution in [3.8, 4) is 0 Å². The van der Waals surface area contributed by atoms with E-state index in [1.165, 1.54) is 244 Å². The Hall–Kier alpha value is -2.06. The maximum atomic E-state index is 13.1. The van der Waals surface area contributed by atoms with Crippen LogP contribution in [-0.4, -0.2) is 73.4 Å². The summed E-state index contributed by atoms with van der Waals surface area (Å²) in [6, 6.07) is -0.764. The van der Waals surface area contributed by atoms with E-state index in [2.05, 4.69) is 92.1 Å². The second-order valence-corrected chi connectivity index (χ2v) is 27.4. The molecule has 0 saturated heterocycles. The van der Waals surface area contributed by atoms with E-state index in [-0.39, 0.29) is 19.1 Å². The Balaban J connectivity index is 3.99. The van der Waals surface area contributed by atoms with Crippen molar-refractivity contribution in [2.24, 2.45) is 0 Å². The van der Waals surface area contributed by atoms with Crippen LogP contribution >= 0.6 is 7.82 Å². The van der Waals surface area contributed by atoms with E-state index in [9.17, 15) is 19.4 Å². The number of phosphoric ester groups is 1. The molecule has 0 rings (SSSR count). The van der Waals surface area contributed by atoms with Gasteiger partial charge in [-0.15, -0.1) is 0 Å². The molecule has 0 aromatic carbocycles. The van der Waals surface area contributed by atoms with Crippen LogP contribution in [0.15, 0.2) is 72.9 Å². The minimum absolute atomic E-state index is 0.0749. The van der Waals surface area contributed by atoms with E-state index in [0.717, 1.165) is 77.0 Å². The molecule has 492 valence electrons. The van der Waals surface area contributed by atoms with Gasteiger partial charge in [0.1, 0.15) is 13.2 Å². The third kappa shape index (κ3) is 67.4. The summed E-state index contributed by atoms with van der Waals surface area (Å²) in [5.74, 6) is -0.139. The summed E-state index contributed by atoms with van der Waals surface area (Å²) in [5.41, 5.74) is 0. The van der Waals surface area contributed by atoms with Gasteiger partial charge < -0.3 is 19.8 Å². The van der Waals surface area contributed by atoms with Gasteiger partial charge >= 0.3 is 7.82 Å². The molecule has 0 bridgehead atoms. The third-order valence-electron chi connectivity index (χ3n) is 16.5. The molecule has 0 aromatic rings. The summed E-state index contributed by atoms with van der Waals surface area (Å²) < 4.78 is 23.9. The molecule has 9 heteroatoms. The van der Waals surface area contributed by atoms with E-state index < -0.39 is 20.0 Å².